The van der Waals surface area contributed by atoms with E-state index in [1.165, 1.54) is 24.3 Å². The van der Waals surface area contributed by atoms with Crippen LogP contribution in [0.25, 0.3) is 0 Å². The normalized spacial score (nSPS) is 12.8. The Bertz CT molecular complexity index is 770. The van der Waals surface area contributed by atoms with Crippen molar-refractivity contribution >= 4 is 21.7 Å². The minimum atomic E-state index is -3.75. The summed E-state index contributed by atoms with van der Waals surface area (Å²) in [7, 11) is 0.0269. The second kappa shape index (κ2) is 7.47. The molecule has 0 saturated heterocycles. The molecule has 1 unspecified atom stereocenters. The van der Waals surface area contributed by atoms with Gasteiger partial charge in [-0.15, -0.1) is 0 Å². The van der Waals surface area contributed by atoms with E-state index < -0.39 is 16.1 Å². The molecule has 0 spiro atoms. The summed E-state index contributed by atoms with van der Waals surface area (Å²) in [5.74, 6) is 0.748. The number of urea groups is 1. The number of nitrogens with zero attached hydrogens (tertiary/aromatic N) is 1. The van der Waals surface area contributed by atoms with Crippen LogP contribution in [0.15, 0.2) is 52.0 Å². The van der Waals surface area contributed by atoms with Crippen LogP contribution in [0.1, 0.15) is 11.8 Å². The number of nitrogens with one attached hydrogen (secondary N) is 2. The van der Waals surface area contributed by atoms with Crippen molar-refractivity contribution in [1.82, 2.24) is 10.2 Å². The average Bonchev–Trinajstić information content (AvgIpc) is 3.00. The largest absolute Gasteiger partial charge is 0.468 e. The number of benzene rings is 1. The van der Waals surface area contributed by atoms with Crippen molar-refractivity contribution < 1.29 is 17.6 Å². The summed E-state index contributed by atoms with van der Waals surface area (Å²) in [6.07, 6.45) is 1.58. The predicted octanol–water partition coefficient (Wildman–Crippen LogP) is 1.35. The number of rotatable bonds is 6. The molecule has 2 rings (SSSR count). The van der Waals surface area contributed by atoms with Gasteiger partial charge in [0, 0.05) is 12.2 Å². The van der Waals surface area contributed by atoms with Gasteiger partial charge in [0.15, 0.2) is 0 Å². The van der Waals surface area contributed by atoms with Gasteiger partial charge in [-0.3, -0.25) is 4.90 Å². The van der Waals surface area contributed by atoms with E-state index >= 15 is 0 Å². The molecule has 8 nitrogen and oxygen atoms in total. The molecule has 1 atom stereocenters. The van der Waals surface area contributed by atoms with E-state index in [1.54, 1.807) is 12.3 Å². The molecule has 9 heteroatoms. The number of anilines is 1. The summed E-state index contributed by atoms with van der Waals surface area (Å²) in [6.45, 7) is 0.349. The van der Waals surface area contributed by atoms with Gasteiger partial charge in [-0.2, -0.15) is 0 Å². The number of carbonyl (C=O) groups is 1. The Balaban J connectivity index is 1.93. The molecule has 0 bridgehead atoms. The highest BCUT2D eigenvalue weighted by Gasteiger charge is 2.17. The summed E-state index contributed by atoms with van der Waals surface area (Å²) >= 11 is 0. The van der Waals surface area contributed by atoms with Gasteiger partial charge in [0.2, 0.25) is 10.0 Å². The highest BCUT2D eigenvalue weighted by molar-refractivity contribution is 7.89. The first-order valence-corrected chi connectivity index (χ1v) is 8.69. The Hall–Kier alpha value is -2.36. The molecule has 24 heavy (non-hydrogen) atoms. The topological polar surface area (TPSA) is 118 Å². The van der Waals surface area contributed by atoms with Crippen LogP contribution in [-0.2, 0) is 10.0 Å². The molecule has 0 aliphatic heterocycles. The number of amides is 2. The molecule has 1 heterocycles. The molecule has 0 aliphatic carbocycles. The molecule has 2 amide bonds. The summed E-state index contributed by atoms with van der Waals surface area (Å²) < 4.78 is 27.7. The lowest BCUT2D eigenvalue weighted by molar-refractivity contribution is 0.233. The van der Waals surface area contributed by atoms with Crippen LogP contribution in [-0.4, -0.2) is 40.0 Å². The van der Waals surface area contributed by atoms with Gasteiger partial charge in [-0.05, 0) is 50.5 Å². The predicted molar refractivity (Wildman–Crippen MR) is 90.0 cm³/mol. The van der Waals surface area contributed by atoms with Crippen molar-refractivity contribution in [3.63, 3.8) is 0 Å². The van der Waals surface area contributed by atoms with Crippen LogP contribution < -0.4 is 15.8 Å². The van der Waals surface area contributed by atoms with E-state index in [4.69, 9.17) is 9.56 Å². The third-order valence-corrected chi connectivity index (χ3v) is 4.32. The summed E-state index contributed by atoms with van der Waals surface area (Å²) in [5.41, 5.74) is 0.458. The first-order chi connectivity index (χ1) is 11.3. The molecule has 1 aromatic carbocycles. The molecule has 1 aromatic heterocycles. The van der Waals surface area contributed by atoms with Crippen molar-refractivity contribution in [1.29, 1.82) is 0 Å². The van der Waals surface area contributed by atoms with E-state index in [2.05, 4.69) is 10.6 Å². The molecule has 0 radical (unpaired) electrons. The monoisotopic (exact) mass is 352 g/mol. The highest BCUT2D eigenvalue weighted by atomic mass is 32.2. The van der Waals surface area contributed by atoms with E-state index in [9.17, 15) is 13.2 Å². The number of sulfonamides is 1. The molecule has 0 aliphatic rings. The molecule has 2 aromatic rings. The second-order valence-corrected chi connectivity index (χ2v) is 6.96. The first kappa shape index (κ1) is 18.0. The summed E-state index contributed by atoms with van der Waals surface area (Å²) in [4.78, 5) is 13.9. The zero-order valence-electron chi connectivity index (χ0n) is 13.4. The summed E-state index contributed by atoms with van der Waals surface area (Å²) in [6, 6.07) is 8.72. The van der Waals surface area contributed by atoms with Crippen molar-refractivity contribution in [2.75, 3.05) is 26.0 Å². The standard InChI is InChI=1S/C15H20N4O4S/c1-19(2)13(14-4-3-9-23-14)10-17-15(20)18-11-5-7-12(8-6-11)24(16,21)22/h3-9,13H,10H2,1-2H3,(H2,16,21,22)(H2,17,18,20). The minimum absolute atomic E-state index is 0.0149. The van der Waals surface area contributed by atoms with Gasteiger partial charge >= 0.3 is 6.03 Å². The quantitative estimate of drug-likeness (QED) is 0.725. The summed E-state index contributed by atoms with van der Waals surface area (Å²) in [5, 5.41) is 10.4. The van der Waals surface area contributed by atoms with Gasteiger partial charge in [-0.25, -0.2) is 18.4 Å². The Morgan fingerprint density at radius 2 is 1.92 bits per heavy atom. The molecule has 0 saturated carbocycles. The van der Waals surface area contributed by atoms with E-state index in [0.717, 1.165) is 5.76 Å². The highest BCUT2D eigenvalue weighted by Crippen LogP contribution is 2.17. The fraction of sp³-hybridized carbons (Fsp3) is 0.267. The van der Waals surface area contributed by atoms with E-state index in [1.807, 2.05) is 25.1 Å². The minimum Gasteiger partial charge on any atom is -0.468 e. The fourth-order valence-corrected chi connectivity index (χ4v) is 2.63. The van der Waals surface area contributed by atoms with Crippen LogP contribution >= 0.6 is 0 Å². The van der Waals surface area contributed by atoms with Crippen LogP contribution in [0.4, 0.5) is 10.5 Å². The third kappa shape index (κ3) is 4.82. The van der Waals surface area contributed by atoms with Crippen molar-refractivity contribution in [2.24, 2.45) is 5.14 Å². The maximum atomic E-state index is 12.0. The van der Waals surface area contributed by atoms with Gasteiger partial charge in [-0.1, -0.05) is 0 Å². The third-order valence-electron chi connectivity index (χ3n) is 3.39. The van der Waals surface area contributed by atoms with Gasteiger partial charge in [0.25, 0.3) is 0 Å². The van der Waals surface area contributed by atoms with Gasteiger partial charge in [0.05, 0.1) is 17.2 Å². The number of carbonyl (C=O) groups excluding carboxylic acids is 1. The second-order valence-electron chi connectivity index (χ2n) is 5.40. The zero-order valence-corrected chi connectivity index (χ0v) is 14.2. The molecular weight excluding hydrogens is 332 g/mol. The van der Waals surface area contributed by atoms with E-state index in [0.29, 0.717) is 12.2 Å². The first-order valence-electron chi connectivity index (χ1n) is 7.15. The number of hydrogen-bond acceptors (Lipinski definition) is 5. The Morgan fingerprint density at radius 1 is 1.25 bits per heavy atom. The van der Waals surface area contributed by atoms with Crippen molar-refractivity contribution in [3.05, 3.63) is 48.4 Å². The van der Waals surface area contributed by atoms with Gasteiger partial charge < -0.3 is 15.1 Å². The zero-order chi connectivity index (χ0) is 17.7. The van der Waals surface area contributed by atoms with Gasteiger partial charge in [0.1, 0.15) is 5.76 Å². The van der Waals surface area contributed by atoms with Crippen molar-refractivity contribution in [2.45, 2.75) is 10.9 Å². The Kier molecular flexibility index (Phi) is 5.60. The molecule has 4 N–H and O–H groups in total. The Labute approximate surface area is 140 Å². The SMILES string of the molecule is CN(C)C(CNC(=O)Nc1ccc(S(N)(=O)=O)cc1)c1ccco1. The number of furan rings is 1. The van der Waals surface area contributed by atoms with Crippen LogP contribution in [0.5, 0.6) is 0 Å². The molecular formula is C15H20N4O4S. The molecule has 0 fully saturated rings. The number of hydrogen-bond donors (Lipinski definition) is 3. The van der Waals surface area contributed by atoms with Crippen LogP contribution in [0.3, 0.4) is 0 Å². The number of likely N-dealkylation sites (N-methyl/N-ethyl adjacent to an activating group) is 1. The van der Waals surface area contributed by atoms with Crippen molar-refractivity contribution in [3.8, 4) is 0 Å². The fourth-order valence-electron chi connectivity index (χ4n) is 2.11. The van der Waals surface area contributed by atoms with Crippen LogP contribution in [0, 0.1) is 0 Å². The lowest BCUT2D eigenvalue weighted by Gasteiger charge is -2.22. The maximum Gasteiger partial charge on any atom is 0.319 e. The number of nitrogens with two attached hydrogens (primary N) is 1. The smallest absolute Gasteiger partial charge is 0.319 e. The lowest BCUT2D eigenvalue weighted by Crippen LogP contribution is -2.36. The van der Waals surface area contributed by atoms with Crippen LogP contribution in [0.2, 0.25) is 0 Å². The lowest BCUT2D eigenvalue weighted by atomic mass is 10.2. The van der Waals surface area contributed by atoms with E-state index in [-0.39, 0.29) is 10.9 Å². The average molecular weight is 352 g/mol. The molecule has 130 valence electrons. The maximum absolute atomic E-state index is 12.0. The number of primary sulfonamides is 1. The Morgan fingerprint density at radius 3 is 2.42 bits per heavy atom.